The number of hydrogen-bond donors (Lipinski definition) is 0. The maximum absolute atomic E-state index is 8.70. The van der Waals surface area contributed by atoms with Crippen molar-refractivity contribution in [2.45, 2.75) is 33.4 Å². The predicted molar refractivity (Wildman–Crippen MR) is 41.8 cm³/mol. The van der Waals surface area contributed by atoms with Gasteiger partial charge in [0.1, 0.15) is 0 Å². The van der Waals surface area contributed by atoms with Crippen LogP contribution in [0.2, 0.25) is 0 Å². The largest absolute Gasteiger partial charge is 0.211 e. The fourth-order valence-corrected chi connectivity index (χ4v) is 1.27. The van der Waals surface area contributed by atoms with Gasteiger partial charge in [0, 0.05) is 5.41 Å². The molecule has 0 spiro atoms. The van der Waals surface area contributed by atoms with Crippen molar-refractivity contribution in [3.05, 3.63) is 0 Å². The van der Waals surface area contributed by atoms with Gasteiger partial charge in [0.05, 0.1) is 12.0 Å². The Kier molecular flexibility index (Phi) is 1.52. The molecule has 3 heteroatoms. The Morgan fingerprint density at radius 1 is 1.36 bits per heavy atom. The molecule has 0 aromatic carbocycles. The first-order chi connectivity index (χ1) is 4.94. The van der Waals surface area contributed by atoms with Crippen molar-refractivity contribution >= 4 is 0 Å². The molecule has 1 aliphatic rings. The van der Waals surface area contributed by atoms with Crippen LogP contribution >= 0.6 is 0 Å². The highest BCUT2D eigenvalue weighted by Gasteiger charge is 2.55. The predicted octanol–water partition coefficient (Wildman–Crippen LogP) is 2.35. The Bertz CT molecular complexity index is 223. The maximum Gasteiger partial charge on any atom is 0.211 e. The molecular formula is C8H13N3. The van der Waals surface area contributed by atoms with E-state index in [1.807, 2.05) is 6.92 Å². The van der Waals surface area contributed by atoms with Crippen LogP contribution in [0.15, 0.2) is 10.2 Å². The fourth-order valence-electron chi connectivity index (χ4n) is 1.27. The van der Waals surface area contributed by atoms with E-state index in [1.165, 1.54) is 0 Å². The third-order valence-electron chi connectivity index (χ3n) is 2.22. The first-order valence-electron chi connectivity index (χ1n) is 3.78. The second-order valence-electron chi connectivity index (χ2n) is 4.03. The zero-order chi connectivity index (χ0) is 8.70. The SMILES string of the molecule is CC(C#N)C1(C(C)(C)C)N=N1. The summed E-state index contributed by atoms with van der Waals surface area (Å²) < 4.78 is 0. The minimum Gasteiger partial charge on any atom is -0.198 e. The molecule has 0 saturated heterocycles. The molecule has 11 heavy (non-hydrogen) atoms. The molecule has 1 heterocycles. The van der Waals surface area contributed by atoms with Gasteiger partial charge in [-0.25, -0.2) is 0 Å². The Morgan fingerprint density at radius 2 is 1.82 bits per heavy atom. The van der Waals surface area contributed by atoms with Gasteiger partial charge in [0.15, 0.2) is 0 Å². The minimum atomic E-state index is -0.415. The van der Waals surface area contributed by atoms with Crippen LogP contribution in [0, 0.1) is 22.7 Å². The summed E-state index contributed by atoms with van der Waals surface area (Å²) in [5.74, 6) is -0.109. The third kappa shape index (κ3) is 1.03. The third-order valence-corrected chi connectivity index (χ3v) is 2.22. The Hall–Kier alpha value is -0.910. The summed E-state index contributed by atoms with van der Waals surface area (Å²) in [6, 6.07) is 2.19. The lowest BCUT2D eigenvalue weighted by Crippen LogP contribution is -2.35. The second-order valence-corrected chi connectivity index (χ2v) is 4.03. The van der Waals surface area contributed by atoms with Crippen LogP contribution in [0.25, 0.3) is 0 Å². The first-order valence-corrected chi connectivity index (χ1v) is 3.78. The lowest BCUT2D eigenvalue weighted by molar-refractivity contribution is 0.232. The summed E-state index contributed by atoms with van der Waals surface area (Å²) in [6.45, 7) is 8.04. The normalized spacial score (nSPS) is 22.5. The summed E-state index contributed by atoms with van der Waals surface area (Å²) >= 11 is 0. The van der Waals surface area contributed by atoms with Crippen LogP contribution in [0.1, 0.15) is 27.7 Å². The molecule has 0 aromatic rings. The summed E-state index contributed by atoms with van der Waals surface area (Å²) in [6.07, 6.45) is 0. The van der Waals surface area contributed by atoms with Crippen molar-refractivity contribution in [2.75, 3.05) is 0 Å². The monoisotopic (exact) mass is 151 g/mol. The van der Waals surface area contributed by atoms with Gasteiger partial charge in [-0.15, -0.1) is 0 Å². The topological polar surface area (TPSA) is 48.5 Å². The van der Waals surface area contributed by atoms with E-state index in [0.29, 0.717) is 0 Å². The summed E-state index contributed by atoms with van der Waals surface area (Å²) in [7, 11) is 0. The van der Waals surface area contributed by atoms with Crippen LogP contribution in [-0.4, -0.2) is 5.66 Å². The van der Waals surface area contributed by atoms with Crippen LogP contribution in [0.3, 0.4) is 0 Å². The molecule has 1 rings (SSSR count). The van der Waals surface area contributed by atoms with E-state index in [4.69, 9.17) is 5.26 Å². The van der Waals surface area contributed by atoms with Gasteiger partial charge >= 0.3 is 0 Å². The van der Waals surface area contributed by atoms with E-state index in [-0.39, 0.29) is 11.3 Å². The van der Waals surface area contributed by atoms with Gasteiger partial charge < -0.3 is 0 Å². The molecule has 0 amide bonds. The summed E-state index contributed by atoms with van der Waals surface area (Å²) in [5, 5.41) is 16.7. The van der Waals surface area contributed by atoms with Crippen molar-refractivity contribution in [3.8, 4) is 6.07 Å². The van der Waals surface area contributed by atoms with Crippen LogP contribution in [0.5, 0.6) is 0 Å². The first kappa shape index (κ1) is 8.19. The number of hydrogen-bond acceptors (Lipinski definition) is 3. The molecule has 1 aliphatic heterocycles. The fraction of sp³-hybridized carbons (Fsp3) is 0.875. The lowest BCUT2D eigenvalue weighted by Gasteiger charge is -2.27. The highest BCUT2D eigenvalue weighted by atomic mass is 15.5. The molecule has 0 N–H and O–H groups in total. The van der Waals surface area contributed by atoms with Gasteiger partial charge in [-0.2, -0.15) is 15.5 Å². The highest BCUT2D eigenvalue weighted by Crippen LogP contribution is 2.49. The molecule has 1 atom stereocenters. The van der Waals surface area contributed by atoms with Gasteiger partial charge in [-0.05, 0) is 6.92 Å². The molecule has 3 nitrogen and oxygen atoms in total. The van der Waals surface area contributed by atoms with Crippen molar-refractivity contribution in [2.24, 2.45) is 21.6 Å². The smallest absolute Gasteiger partial charge is 0.198 e. The molecule has 60 valence electrons. The molecule has 0 radical (unpaired) electrons. The van der Waals surface area contributed by atoms with E-state index in [9.17, 15) is 0 Å². The van der Waals surface area contributed by atoms with Gasteiger partial charge in [-0.3, -0.25) is 0 Å². The summed E-state index contributed by atoms with van der Waals surface area (Å²) in [4.78, 5) is 0. The van der Waals surface area contributed by atoms with Crippen molar-refractivity contribution in [1.29, 1.82) is 5.26 Å². The quantitative estimate of drug-likeness (QED) is 0.567. The Labute approximate surface area is 67.1 Å². The molecular weight excluding hydrogens is 138 g/mol. The zero-order valence-corrected chi connectivity index (χ0v) is 7.42. The molecule has 0 aliphatic carbocycles. The number of nitriles is 1. The number of rotatable bonds is 1. The van der Waals surface area contributed by atoms with Crippen LogP contribution in [0.4, 0.5) is 0 Å². The van der Waals surface area contributed by atoms with E-state index in [0.717, 1.165) is 0 Å². The lowest BCUT2D eigenvalue weighted by atomic mass is 9.77. The van der Waals surface area contributed by atoms with Crippen LogP contribution < -0.4 is 0 Å². The Balaban J connectivity index is 2.79. The van der Waals surface area contributed by atoms with E-state index in [2.05, 4.69) is 37.1 Å². The summed E-state index contributed by atoms with van der Waals surface area (Å²) in [5.41, 5.74) is -0.441. The van der Waals surface area contributed by atoms with Gasteiger partial charge in [0.2, 0.25) is 5.66 Å². The van der Waals surface area contributed by atoms with Crippen molar-refractivity contribution in [1.82, 2.24) is 0 Å². The van der Waals surface area contributed by atoms with E-state index >= 15 is 0 Å². The van der Waals surface area contributed by atoms with Crippen molar-refractivity contribution in [3.63, 3.8) is 0 Å². The maximum atomic E-state index is 8.70. The van der Waals surface area contributed by atoms with Gasteiger partial charge in [-0.1, -0.05) is 20.8 Å². The second kappa shape index (κ2) is 2.04. The molecule has 0 saturated carbocycles. The van der Waals surface area contributed by atoms with Crippen LogP contribution in [-0.2, 0) is 0 Å². The molecule has 0 bridgehead atoms. The average molecular weight is 151 g/mol. The highest BCUT2D eigenvalue weighted by molar-refractivity contribution is 5.12. The molecule has 1 unspecified atom stereocenters. The molecule has 0 fully saturated rings. The minimum absolute atomic E-state index is 0.0256. The zero-order valence-electron chi connectivity index (χ0n) is 7.42. The molecule has 0 aromatic heterocycles. The van der Waals surface area contributed by atoms with Crippen molar-refractivity contribution < 1.29 is 0 Å². The van der Waals surface area contributed by atoms with E-state index in [1.54, 1.807) is 0 Å². The number of nitrogens with zero attached hydrogens (tertiary/aromatic N) is 3. The Morgan fingerprint density at radius 3 is 1.91 bits per heavy atom. The van der Waals surface area contributed by atoms with Gasteiger partial charge in [0.25, 0.3) is 0 Å². The average Bonchev–Trinajstić information content (AvgIpc) is 2.63. The standard InChI is InChI=1S/C8H13N3/c1-6(5-9)8(10-11-8)7(2,3)4/h6H,1-4H3. The van der Waals surface area contributed by atoms with E-state index < -0.39 is 5.66 Å².